The molecule has 3 heterocycles. The summed E-state index contributed by atoms with van der Waals surface area (Å²) >= 11 is 0. The van der Waals surface area contributed by atoms with Crippen LogP contribution in [0.15, 0.2) is 65.3 Å². The molecule has 1 saturated carbocycles. The van der Waals surface area contributed by atoms with Crippen LogP contribution in [0.4, 0.5) is 28.8 Å². The number of carbonyl (C=O) groups excluding carboxylic acids is 1. The van der Waals surface area contributed by atoms with E-state index in [4.69, 9.17) is 4.52 Å². The van der Waals surface area contributed by atoms with E-state index in [1.54, 1.807) is 18.3 Å². The number of nitrogens with one attached hydrogen (secondary N) is 3. The average molecular weight is 427 g/mol. The second kappa shape index (κ2) is 8.46. The van der Waals surface area contributed by atoms with Crippen molar-refractivity contribution in [3.8, 4) is 0 Å². The van der Waals surface area contributed by atoms with Crippen molar-refractivity contribution in [3.05, 3.63) is 78.1 Å². The smallest absolute Gasteiger partial charge is 0.277 e. The molecule has 9 nitrogen and oxygen atoms in total. The molecule has 3 N–H and O–H groups in total. The molecule has 160 valence electrons. The van der Waals surface area contributed by atoms with Gasteiger partial charge in [-0.15, -0.1) is 0 Å². The molecule has 0 radical (unpaired) electrons. The van der Waals surface area contributed by atoms with Gasteiger partial charge in [0.1, 0.15) is 29.0 Å². The summed E-state index contributed by atoms with van der Waals surface area (Å²) in [6, 6.07) is 16.5. The molecule has 9 heteroatoms. The largest absolute Gasteiger partial charge is 0.360 e. The van der Waals surface area contributed by atoms with Gasteiger partial charge in [-0.3, -0.25) is 4.79 Å². The lowest BCUT2D eigenvalue weighted by Gasteiger charge is -2.10. The Morgan fingerprint density at radius 3 is 2.41 bits per heavy atom. The summed E-state index contributed by atoms with van der Waals surface area (Å²) in [5.74, 6) is 3.51. The molecule has 3 aromatic heterocycles. The number of aromatic nitrogens is 4. The van der Waals surface area contributed by atoms with Gasteiger partial charge >= 0.3 is 0 Å². The van der Waals surface area contributed by atoms with Gasteiger partial charge in [-0.25, -0.2) is 15.0 Å². The third-order valence-corrected chi connectivity index (χ3v) is 4.91. The second-order valence-electron chi connectivity index (χ2n) is 7.57. The molecular formula is C23H21N7O2. The number of benzene rings is 1. The molecule has 1 aromatic carbocycles. The molecule has 0 bridgehead atoms. The molecule has 1 fully saturated rings. The number of hydrogen-bond donors (Lipinski definition) is 3. The topological polar surface area (TPSA) is 118 Å². The highest BCUT2D eigenvalue weighted by molar-refractivity contribution is 6.02. The normalized spacial score (nSPS) is 12.9. The highest BCUT2D eigenvalue weighted by Crippen LogP contribution is 2.40. The fraction of sp³-hybridized carbons (Fsp3) is 0.174. The van der Waals surface area contributed by atoms with Crippen LogP contribution in [0.1, 0.15) is 40.8 Å². The number of pyridine rings is 1. The Kier molecular flexibility index (Phi) is 5.20. The molecule has 0 aliphatic heterocycles. The maximum absolute atomic E-state index is 12.4. The van der Waals surface area contributed by atoms with Gasteiger partial charge in [-0.05, 0) is 56.2 Å². The maximum atomic E-state index is 12.4. The van der Waals surface area contributed by atoms with Crippen molar-refractivity contribution in [1.29, 1.82) is 0 Å². The molecule has 5 rings (SSSR count). The highest BCUT2D eigenvalue weighted by Gasteiger charge is 2.28. The predicted molar refractivity (Wildman–Crippen MR) is 120 cm³/mol. The van der Waals surface area contributed by atoms with Crippen LogP contribution in [0.25, 0.3) is 0 Å². The van der Waals surface area contributed by atoms with E-state index < -0.39 is 0 Å². The summed E-state index contributed by atoms with van der Waals surface area (Å²) in [5, 5.41) is 13.1. The SMILES string of the molecule is Cc1nc(Nc2ccc(NC(=O)c3cc(C4CC4)on3)cc2)cc(Nc2ccccn2)n1. The number of nitrogens with zero attached hydrogens (tertiary/aromatic N) is 4. The van der Waals surface area contributed by atoms with E-state index in [2.05, 4.69) is 36.1 Å². The van der Waals surface area contributed by atoms with Crippen molar-refractivity contribution in [2.24, 2.45) is 0 Å². The maximum Gasteiger partial charge on any atom is 0.277 e. The lowest BCUT2D eigenvalue weighted by molar-refractivity contribution is 0.101. The van der Waals surface area contributed by atoms with E-state index in [-0.39, 0.29) is 5.91 Å². The van der Waals surface area contributed by atoms with Crippen molar-refractivity contribution in [3.63, 3.8) is 0 Å². The minimum atomic E-state index is -0.293. The molecule has 0 spiro atoms. The minimum absolute atomic E-state index is 0.290. The molecule has 1 aliphatic rings. The van der Waals surface area contributed by atoms with E-state index in [0.29, 0.717) is 40.6 Å². The first kappa shape index (κ1) is 19.7. The molecule has 32 heavy (non-hydrogen) atoms. The fourth-order valence-electron chi connectivity index (χ4n) is 3.20. The van der Waals surface area contributed by atoms with Crippen molar-refractivity contribution in [2.45, 2.75) is 25.7 Å². The van der Waals surface area contributed by atoms with Crippen LogP contribution in [-0.4, -0.2) is 26.0 Å². The first-order valence-corrected chi connectivity index (χ1v) is 10.3. The minimum Gasteiger partial charge on any atom is -0.360 e. The van der Waals surface area contributed by atoms with Gasteiger partial charge in [0, 0.05) is 35.6 Å². The van der Waals surface area contributed by atoms with Gasteiger partial charge < -0.3 is 20.5 Å². The van der Waals surface area contributed by atoms with Gasteiger partial charge in [-0.1, -0.05) is 11.2 Å². The van der Waals surface area contributed by atoms with Crippen LogP contribution in [-0.2, 0) is 0 Å². The standard InChI is InChI=1S/C23H21N7O2/c1-14-25-21(13-22(26-14)29-20-4-2-3-11-24-20)27-16-7-9-17(10-8-16)28-23(31)18-12-19(32-30-18)15-5-6-15/h2-4,7-13,15H,5-6H2,1H3,(H,28,31)(H2,24,25,26,27,29). The van der Waals surface area contributed by atoms with Crippen LogP contribution >= 0.6 is 0 Å². The number of anilines is 5. The lowest BCUT2D eigenvalue weighted by atomic mass is 10.2. The van der Waals surface area contributed by atoms with E-state index in [9.17, 15) is 4.79 Å². The molecule has 0 unspecified atom stereocenters. The summed E-state index contributed by atoms with van der Waals surface area (Å²) in [5.41, 5.74) is 1.77. The highest BCUT2D eigenvalue weighted by atomic mass is 16.5. The predicted octanol–water partition coefficient (Wildman–Crippen LogP) is 4.78. The quantitative estimate of drug-likeness (QED) is 0.385. The Bertz CT molecular complexity index is 1230. The van der Waals surface area contributed by atoms with Crippen molar-refractivity contribution in [2.75, 3.05) is 16.0 Å². The number of hydrogen-bond acceptors (Lipinski definition) is 8. The fourth-order valence-corrected chi connectivity index (χ4v) is 3.20. The monoisotopic (exact) mass is 427 g/mol. The number of carbonyl (C=O) groups is 1. The van der Waals surface area contributed by atoms with E-state index >= 15 is 0 Å². The summed E-state index contributed by atoms with van der Waals surface area (Å²) in [6.07, 6.45) is 3.90. The zero-order valence-corrected chi connectivity index (χ0v) is 17.4. The van der Waals surface area contributed by atoms with E-state index in [1.165, 1.54) is 0 Å². The van der Waals surface area contributed by atoms with Gasteiger partial charge in [0.2, 0.25) is 0 Å². The summed E-state index contributed by atoms with van der Waals surface area (Å²) in [7, 11) is 0. The Morgan fingerprint density at radius 1 is 0.938 bits per heavy atom. The Hall–Kier alpha value is -4.27. The summed E-state index contributed by atoms with van der Waals surface area (Å²) < 4.78 is 5.25. The zero-order chi connectivity index (χ0) is 21.9. The van der Waals surface area contributed by atoms with E-state index in [0.717, 1.165) is 24.3 Å². The Balaban J connectivity index is 1.23. The Morgan fingerprint density at radius 2 is 1.69 bits per heavy atom. The third kappa shape index (κ3) is 4.72. The van der Waals surface area contributed by atoms with Gasteiger partial charge in [0.05, 0.1) is 0 Å². The van der Waals surface area contributed by atoms with Gasteiger partial charge in [0.15, 0.2) is 5.69 Å². The third-order valence-electron chi connectivity index (χ3n) is 4.91. The first-order valence-electron chi connectivity index (χ1n) is 10.3. The second-order valence-corrected chi connectivity index (χ2v) is 7.57. The number of rotatable bonds is 7. The van der Waals surface area contributed by atoms with Crippen LogP contribution in [0.3, 0.4) is 0 Å². The molecule has 4 aromatic rings. The van der Waals surface area contributed by atoms with Crippen molar-refractivity contribution >= 4 is 34.7 Å². The number of aryl methyl sites for hydroxylation is 1. The van der Waals surface area contributed by atoms with Crippen LogP contribution in [0.5, 0.6) is 0 Å². The zero-order valence-electron chi connectivity index (χ0n) is 17.4. The average Bonchev–Trinajstić information content (AvgIpc) is 3.51. The molecule has 0 atom stereocenters. The molecule has 1 aliphatic carbocycles. The van der Waals surface area contributed by atoms with Gasteiger partial charge in [-0.2, -0.15) is 0 Å². The molecule has 1 amide bonds. The molecule has 0 saturated heterocycles. The van der Waals surface area contributed by atoms with Crippen LogP contribution in [0.2, 0.25) is 0 Å². The first-order chi connectivity index (χ1) is 15.6. The lowest BCUT2D eigenvalue weighted by Crippen LogP contribution is -2.12. The van der Waals surface area contributed by atoms with Gasteiger partial charge in [0.25, 0.3) is 5.91 Å². The summed E-state index contributed by atoms with van der Waals surface area (Å²) in [6.45, 7) is 1.83. The van der Waals surface area contributed by atoms with Crippen LogP contribution < -0.4 is 16.0 Å². The molecular weight excluding hydrogens is 406 g/mol. The number of amides is 1. The van der Waals surface area contributed by atoms with E-state index in [1.807, 2.05) is 49.4 Å². The van der Waals surface area contributed by atoms with Crippen LogP contribution in [0, 0.1) is 6.92 Å². The van der Waals surface area contributed by atoms with Crippen molar-refractivity contribution in [1.82, 2.24) is 20.1 Å². The van der Waals surface area contributed by atoms with Crippen molar-refractivity contribution < 1.29 is 9.32 Å². The Labute approximate surface area is 184 Å². The summed E-state index contributed by atoms with van der Waals surface area (Å²) in [4.78, 5) is 25.5.